The van der Waals surface area contributed by atoms with Crippen molar-refractivity contribution in [3.63, 3.8) is 0 Å². The Morgan fingerprint density at radius 1 is 1.21 bits per heavy atom. The summed E-state index contributed by atoms with van der Waals surface area (Å²) in [5, 5.41) is 3.84. The average Bonchev–Trinajstić information content (AvgIpc) is 2.69. The van der Waals surface area contributed by atoms with Crippen LogP contribution in [0.1, 0.15) is 19.6 Å². The Kier molecular flexibility index (Phi) is 7.18. The van der Waals surface area contributed by atoms with Crippen LogP contribution in [0.4, 0.5) is 0 Å². The van der Waals surface area contributed by atoms with Gasteiger partial charge in [0.15, 0.2) is 0 Å². The first-order valence-corrected chi connectivity index (χ1v) is 12.4. The van der Waals surface area contributed by atoms with E-state index in [1.165, 1.54) is 11.8 Å². The quantitative estimate of drug-likeness (QED) is 0.621. The molecule has 1 aliphatic heterocycles. The summed E-state index contributed by atoms with van der Waals surface area (Å²) in [6, 6.07) is 7.11. The minimum absolute atomic E-state index is 0.0713. The van der Waals surface area contributed by atoms with Crippen molar-refractivity contribution in [1.82, 2.24) is 14.9 Å². The highest BCUT2D eigenvalue weighted by molar-refractivity contribution is 8.00. The first kappa shape index (κ1) is 22.0. The number of hydrogen-bond acceptors (Lipinski definition) is 7. The van der Waals surface area contributed by atoms with E-state index in [9.17, 15) is 13.2 Å². The van der Waals surface area contributed by atoms with Gasteiger partial charge in [-0.25, -0.2) is 13.1 Å². The number of likely N-dealkylation sites (N-methyl/N-ethyl adjacent to an activating group) is 1. The van der Waals surface area contributed by atoms with E-state index in [0.717, 1.165) is 32.4 Å². The highest BCUT2D eigenvalue weighted by atomic mass is 32.2. The SMILES string of the molecule is CCN(CC)CCNC1C=C(CNS(C)(=O)=O)c2oc3ccccc3c(=O)c2S1. The number of benzene rings is 1. The Morgan fingerprint density at radius 2 is 1.93 bits per heavy atom. The van der Waals surface area contributed by atoms with E-state index in [2.05, 4.69) is 28.8 Å². The number of para-hydroxylation sites is 1. The summed E-state index contributed by atoms with van der Waals surface area (Å²) >= 11 is 1.41. The van der Waals surface area contributed by atoms with Gasteiger partial charge in [0.2, 0.25) is 15.5 Å². The van der Waals surface area contributed by atoms with Crippen LogP contribution in [0.3, 0.4) is 0 Å². The van der Waals surface area contributed by atoms with Crippen LogP contribution in [0.25, 0.3) is 16.5 Å². The topological polar surface area (TPSA) is 91.7 Å². The number of hydrogen-bond donors (Lipinski definition) is 2. The third-order valence-corrected chi connectivity index (χ3v) is 6.67. The first-order valence-electron chi connectivity index (χ1n) is 9.66. The van der Waals surface area contributed by atoms with Gasteiger partial charge in [-0.15, -0.1) is 0 Å². The molecule has 2 heterocycles. The minimum atomic E-state index is -3.38. The molecule has 0 amide bonds. The fraction of sp³-hybridized carbons (Fsp3) is 0.450. The first-order chi connectivity index (χ1) is 13.8. The van der Waals surface area contributed by atoms with Gasteiger partial charge in [-0.1, -0.05) is 37.7 Å². The molecule has 0 fully saturated rings. The van der Waals surface area contributed by atoms with Crippen LogP contribution in [-0.2, 0) is 10.0 Å². The Labute approximate surface area is 175 Å². The second-order valence-corrected chi connectivity index (χ2v) is 9.88. The van der Waals surface area contributed by atoms with Crippen molar-refractivity contribution >= 4 is 38.3 Å². The van der Waals surface area contributed by atoms with Gasteiger partial charge >= 0.3 is 0 Å². The Bertz CT molecular complexity index is 1060. The van der Waals surface area contributed by atoms with Crippen LogP contribution in [-0.4, -0.2) is 57.7 Å². The molecule has 0 spiro atoms. The molecule has 9 heteroatoms. The van der Waals surface area contributed by atoms with Gasteiger partial charge in [-0.05, 0) is 31.3 Å². The molecule has 1 aromatic heterocycles. The van der Waals surface area contributed by atoms with Gasteiger partial charge in [-0.2, -0.15) is 0 Å². The van der Waals surface area contributed by atoms with Crippen molar-refractivity contribution in [2.75, 3.05) is 39.0 Å². The molecule has 1 aliphatic rings. The average molecular weight is 438 g/mol. The van der Waals surface area contributed by atoms with Crippen LogP contribution < -0.4 is 15.5 Å². The Hall–Kier alpha value is -1.65. The molecule has 0 bridgehead atoms. The number of nitrogens with zero attached hydrogens (tertiary/aromatic N) is 1. The van der Waals surface area contributed by atoms with Gasteiger partial charge in [0, 0.05) is 25.2 Å². The third kappa shape index (κ3) is 5.49. The Morgan fingerprint density at radius 3 is 2.62 bits per heavy atom. The van der Waals surface area contributed by atoms with Gasteiger partial charge in [-0.3, -0.25) is 4.79 Å². The molecule has 1 atom stereocenters. The maximum absolute atomic E-state index is 13.1. The molecule has 0 radical (unpaired) electrons. The lowest BCUT2D eigenvalue weighted by atomic mass is 10.1. The molecule has 1 unspecified atom stereocenters. The fourth-order valence-corrected chi connectivity index (χ4v) is 4.82. The predicted molar refractivity (Wildman–Crippen MR) is 119 cm³/mol. The standard InChI is InChI=1S/C20H27N3O4S2/c1-4-23(5-2)11-10-21-17-12-14(13-22-29(3,25)26)19-20(28-17)18(24)15-8-6-7-9-16(15)27-19/h6-9,12,17,21-22H,4-5,10-11,13H2,1-3H3. The molecule has 158 valence electrons. The van der Waals surface area contributed by atoms with E-state index < -0.39 is 10.0 Å². The molecule has 2 N–H and O–H groups in total. The highest BCUT2D eigenvalue weighted by Crippen LogP contribution is 2.36. The van der Waals surface area contributed by atoms with Gasteiger partial charge in [0.05, 0.1) is 17.0 Å². The van der Waals surface area contributed by atoms with Gasteiger partial charge in [0.1, 0.15) is 16.2 Å². The zero-order valence-electron chi connectivity index (χ0n) is 16.9. The molecule has 1 aromatic carbocycles. The van der Waals surface area contributed by atoms with Crippen LogP contribution in [0.2, 0.25) is 0 Å². The lowest BCUT2D eigenvalue weighted by molar-refractivity contribution is 0.303. The van der Waals surface area contributed by atoms with Crippen LogP contribution >= 0.6 is 11.8 Å². The van der Waals surface area contributed by atoms with Crippen molar-refractivity contribution < 1.29 is 12.8 Å². The summed E-state index contributed by atoms with van der Waals surface area (Å²) in [6.45, 7) is 7.94. The number of fused-ring (bicyclic) bond motifs is 2. The van der Waals surface area contributed by atoms with Crippen LogP contribution in [0.15, 0.2) is 44.4 Å². The van der Waals surface area contributed by atoms with Crippen molar-refractivity contribution in [3.05, 3.63) is 46.3 Å². The Balaban J connectivity index is 1.91. The van der Waals surface area contributed by atoms with Crippen LogP contribution in [0, 0.1) is 0 Å². The van der Waals surface area contributed by atoms with E-state index in [1.807, 2.05) is 12.1 Å². The fourth-order valence-electron chi connectivity index (χ4n) is 3.22. The number of nitrogens with one attached hydrogen (secondary N) is 2. The summed E-state index contributed by atoms with van der Waals surface area (Å²) in [5.74, 6) is 0.441. The normalized spacial score (nSPS) is 16.8. The summed E-state index contributed by atoms with van der Waals surface area (Å²) in [6.07, 6.45) is 3.05. The summed E-state index contributed by atoms with van der Waals surface area (Å²) in [7, 11) is -3.38. The van der Waals surface area contributed by atoms with E-state index in [4.69, 9.17) is 4.42 Å². The van der Waals surface area contributed by atoms with Crippen molar-refractivity contribution in [2.45, 2.75) is 24.1 Å². The molecule has 0 saturated carbocycles. The van der Waals surface area contributed by atoms with E-state index >= 15 is 0 Å². The van der Waals surface area contributed by atoms with Crippen molar-refractivity contribution in [2.24, 2.45) is 0 Å². The maximum atomic E-state index is 13.1. The molecule has 2 aromatic rings. The lowest BCUT2D eigenvalue weighted by Crippen LogP contribution is -2.36. The number of sulfonamides is 1. The smallest absolute Gasteiger partial charge is 0.209 e. The lowest BCUT2D eigenvalue weighted by Gasteiger charge is -2.25. The zero-order valence-corrected chi connectivity index (χ0v) is 18.5. The van der Waals surface area contributed by atoms with Crippen molar-refractivity contribution in [3.8, 4) is 0 Å². The second-order valence-electron chi connectivity index (χ2n) is 6.89. The molecule has 0 saturated heterocycles. The summed E-state index contributed by atoms with van der Waals surface area (Å²) in [5.41, 5.74) is 1.06. The molecular formula is C20H27N3O4S2. The van der Waals surface area contributed by atoms with E-state index in [1.54, 1.807) is 18.2 Å². The molecule has 0 aliphatic carbocycles. The maximum Gasteiger partial charge on any atom is 0.209 e. The number of thioether (sulfide) groups is 1. The molecule has 3 rings (SSSR count). The van der Waals surface area contributed by atoms with Gasteiger partial charge in [0.25, 0.3) is 0 Å². The molecule has 29 heavy (non-hydrogen) atoms. The summed E-state index contributed by atoms with van der Waals surface area (Å²) < 4.78 is 31.7. The molecule has 7 nitrogen and oxygen atoms in total. The second kappa shape index (κ2) is 9.44. The van der Waals surface area contributed by atoms with Crippen molar-refractivity contribution in [1.29, 1.82) is 0 Å². The minimum Gasteiger partial charge on any atom is -0.455 e. The monoisotopic (exact) mass is 437 g/mol. The molecular weight excluding hydrogens is 410 g/mol. The third-order valence-electron chi connectivity index (χ3n) is 4.84. The highest BCUT2D eigenvalue weighted by Gasteiger charge is 2.26. The van der Waals surface area contributed by atoms with Crippen LogP contribution in [0.5, 0.6) is 0 Å². The van der Waals surface area contributed by atoms with E-state index in [0.29, 0.717) is 27.2 Å². The largest absolute Gasteiger partial charge is 0.455 e. The summed E-state index contributed by atoms with van der Waals surface area (Å²) in [4.78, 5) is 15.9. The predicted octanol–water partition coefficient (Wildman–Crippen LogP) is 2.09. The van der Waals surface area contributed by atoms with E-state index in [-0.39, 0.29) is 17.3 Å². The zero-order chi connectivity index (χ0) is 21.0. The number of rotatable bonds is 9. The van der Waals surface area contributed by atoms with Gasteiger partial charge < -0.3 is 14.6 Å².